The Morgan fingerprint density at radius 3 is 2.44 bits per heavy atom. The average Bonchev–Trinajstić information content (AvgIpc) is 3.28. The van der Waals surface area contributed by atoms with Gasteiger partial charge in [0.2, 0.25) is 15.9 Å². The minimum Gasteiger partial charge on any atom is -0.342 e. The monoisotopic (exact) mass is 409 g/mol. The Morgan fingerprint density at radius 2 is 1.85 bits per heavy atom. The van der Waals surface area contributed by atoms with Crippen LogP contribution in [0, 0.1) is 0 Å². The third-order valence-corrected chi connectivity index (χ3v) is 5.82. The Kier molecular flexibility index (Phi) is 6.05. The lowest BCUT2D eigenvalue weighted by molar-refractivity contribution is -0.127. The highest BCUT2D eigenvalue weighted by molar-refractivity contribution is 7.99. The van der Waals surface area contributed by atoms with Crippen molar-refractivity contribution < 1.29 is 13.2 Å². The Morgan fingerprint density at radius 1 is 1.19 bits per heavy atom. The fourth-order valence-corrected chi connectivity index (χ4v) is 4.45. The van der Waals surface area contributed by atoms with Crippen LogP contribution in [0.2, 0.25) is 0 Å². The summed E-state index contributed by atoms with van der Waals surface area (Å²) in [5, 5.41) is 9.21. The van der Waals surface area contributed by atoms with E-state index >= 15 is 0 Å². The molecule has 0 atom stereocenters. The molecule has 8 nitrogen and oxygen atoms in total. The van der Waals surface area contributed by atoms with E-state index in [1.54, 1.807) is 24.3 Å². The lowest BCUT2D eigenvalue weighted by Crippen LogP contribution is -2.29. The number of anilines is 1. The molecular formula is C17H23N5O3S2. The second-order valence-corrected chi connectivity index (χ2v) is 9.07. The van der Waals surface area contributed by atoms with Gasteiger partial charge in [0.15, 0.2) is 11.0 Å². The number of hydrogen-bond acceptors (Lipinski definition) is 6. The maximum absolute atomic E-state index is 12.2. The van der Waals surface area contributed by atoms with Crippen LogP contribution < -0.4 is 4.72 Å². The first kappa shape index (κ1) is 19.7. The number of carbonyl (C=O) groups excluding carboxylic acids is 1. The van der Waals surface area contributed by atoms with E-state index in [-0.39, 0.29) is 5.91 Å². The summed E-state index contributed by atoms with van der Waals surface area (Å²) < 4.78 is 27.0. The molecule has 0 spiro atoms. The Hall–Kier alpha value is -2.07. The molecule has 2 heterocycles. The van der Waals surface area contributed by atoms with Gasteiger partial charge in [0.25, 0.3) is 0 Å². The molecular weight excluding hydrogens is 386 g/mol. The summed E-state index contributed by atoms with van der Waals surface area (Å²) in [6.07, 6.45) is 3.27. The minimum absolute atomic E-state index is 0.140. The molecule has 0 saturated carbocycles. The predicted molar refractivity (Wildman–Crippen MR) is 106 cm³/mol. The van der Waals surface area contributed by atoms with E-state index in [9.17, 15) is 13.2 Å². The van der Waals surface area contributed by atoms with Gasteiger partial charge in [-0.2, -0.15) is 0 Å². The molecule has 10 heteroatoms. The van der Waals surface area contributed by atoms with E-state index in [4.69, 9.17) is 0 Å². The largest absolute Gasteiger partial charge is 0.342 e. The summed E-state index contributed by atoms with van der Waals surface area (Å²) in [7, 11) is -3.31. The molecule has 27 heavy (non-hydrogen) atoms. The first-order valence-electron chi connectivity index (χ1n) is 8.79. The minimum atomic E-state index is -3.31. The third-order valence-electron chi connectivity index (χ3n) is 4.26. The number of nitrogens with zero attached hydrogens (tertiary/aromatic N) is 4. The van der Waals surface area contributed by atoms with Crippen molar-refractivity contribution in [2.45, 2.75) is 31.5 Å². The summed E-state index contributed by atoms with van der Waals surface area (Å²) in [5.41, 5.74) is 1.33. The number of sulfonamides is 1. The molecule has 1 aliphatic heterocycles. The summed E-state index contributed by atoms with van der Waals surface area (Å²) in [6, 6.07) is 6.98. The third kappa shape index (κ3) is 5.01. The van der Waals surface area contributed by atoms with Crippen LogP contribution >= 0.6 is 11.8 Å². The molecule has 1 saturated heterocycles. The van der Waals surface area contributed by atoms with Crippen molar-refractivity contribution in [3.8, 4) is 11.4 Å². The normalized spacial score (nSPS) is 14.5. The molecule has 0 radical (unpaired) electrons. The van der Waals surface area contributed by atoms with Gasteiger partial charge in [0.1, 0.15) is 0 Å². The number of amides is 1. The zero-order valence-electron chi connectivity index (χ0n) is 15.4. The maximum Gasteiger partial charge on any atom is 0.233 e. The molecule has 3 rings (SSSR count). The molecule has 1 fully saturated rings. The highest BCUT2D eigenvalue weighted by Crippen LogP contribution is 2.25. The van der Waals surface area contributed by atoms with Crippen LogP contribution in [0.3, 0.4) is 0 Å². The fraction of sp³-hybridized carbons (Fsp3) is 0.471. The van der Waals surface area contributed by atoms with Crippen LogP contribution in [0.5, 0.6) is 0 Å². The number of nitrogens with one attached hydrogen (secondary N) is 1. The van der Waals surface area contributed by atoms with Crippen LogP contribution in [0.1, 0.15) is 19.8 Å². The van der Waals surface area contributed by atoms with Crippen molar-refractivity contribution in [2.24, 2.45) is 0 Å². The van der Waals surface area contributed by atoms with Gasteiger partial charge in [-0.15, -0.1) is 10.2 Å². The number of likely N-dealkylation sites (tertiary alicyclic amines) is 1. The first-order valence-corrected chi connectivity index (χ1v) is 11.7. The molecule has 1 aromatic carbocycles. The van der Waals surface area contributed by atoms with Gasteiger partial charge in [-0.25, -0.2) is 8.42 Å². The molecule has 1 N–H and O–H groups in total. The standard InChI is InChI=1S/C17H23N5O3S2/c1-3-22-16(13-6-8-14(9-7-13)20-27(2,24)25)18-19-17(22)26-12-15(23)21-10-4-5-11-21/h6-9,20H,3-5,10-12H2,1-2H3. The van der Waals surface area contributed by atoms with Gasteiger partial charge in [-0.3, -0.25) is 9.52 Å². The van der Waals surface area contributed by atoms with Crippen molar-refractivity contribution in [2.75, 3.05) is 29.8 Å². The van der Waals surface area contributed by atoms with E-state index in [1.807, 2.05) is 16.4 Å². The smallest absolute Gasteiger partial charge is 0.233 e. The van der Waals surface area contributed by atoms with Gasteiger partial charge in [-0.05, 0) is 44.0 Å². The molecule has 1 amide bonds. The maximum atomic E-state index is 12.2. The molecule has 0 aliphatic carbocycles. The first-order chi connectivity index (χ1) is 12.9. The summed E-state index contributed by atoms with van der Waals surface area (Å²) in [4.78, 5) is 14.1. The van der Waals surface area contributed by atoms with Crippen molar-refractivity contribution in [3.63, 3.8) is 0 Å². The van der Waals surface area contributed by atoms with Gasteiger partial charge in [0, 0.05) is 30.9 Å². The zero-order valence-corrected chi connectivity index (χ0v) is 17.0. The van der Waals surface area contributed by atoms with Gasteiger partial charge >= 0.3 is 0 Å². The molecule has 1 aliphatic rings. The number of thioether (sulfide) groups is 1. The van der Waals surface area contributed by atoms with Crippen LogP contribution in [0.4, 0.5) is 5.69 Å². The lowest BCUT2D eigenvalue weighted by atomic mass is 10.2. The SMILES string of the molecule is CCn1c(SCC(=O)N2CCCC2)nnc1-c1ccc(NS(C)(=O)=O)cc1. The second-order valence-electron chi connectivity index (χ2n) is 6.38. The highest BCUT2D eigenvalue weighted by Gasteiger charge is 2.20. The average molecular weight is 410 g/mol. The van der Waals surface area contributed by atoms with Crippen molar-refractivity contribution in [1.82, 2.24) is 19.7 Å². The summed E-state index contributed by atoms with van der Waals surface area (Å²) in [6.45, 7) is 4.36. The van der Waals surface area contributed by atoms with Crippen molar-refractivity contribution in [1.29, 1.82) is 0 Å². The van der Waals surface area contributed by atoms with Gasteiger partial charge in [-0.1, -0.05) is 11.8 Å². The summed E-state index contributed by atoms with van der Waals surface area (Å²) in [5.74, 6) is 1.19. The summed E-state index contributed by atoms with van der Waals surface area (Å²) >= 11 is 1.40. The molecule has 146 valence electrons. The van der Waals surface area contributed by atoms with E-state index in [0.29, 0.717) is 29.0 Å². The fourth-order valence-electron chi connectivity index (χ4n) is 2.98. The van der Waals surface area contributed by atoms with Crippen molar-refractivity contribution in [3.05, 3.63) is 24.3 Å². The van der Waals surface area contributed by atoms with E-state index < -0.39 is 10.0 Å². The van der Waals surface area contributed by atoms with Crippen molar-refractivity contribution >= 4 is 33.4 Å². The quantitative estimate of drug-likeness (QED) is 0.703. The van der Waals surface area contributed by atoms with Gasteiger partial charge < -0.3 is 9.47 Å². The number of hydrogen-bond donors (Lipinski definition) is 1. The topological polar surface area (TPSA) is 97.2 Å². The van der Waals surface area contributed by atoms with Gasteiger partial charge in [0.05, 0.1) is 12.0 Å². The van der Waals surface area contributed by atoms with E-state index in [1.165, 1.54) is 11.8 Å². The van der Waals surface area contributed by atoms with E-state index in [2.05, 4.69) is 14.9 Å². The van der Waals surface area contributed by atoms with Crippen LogP contribution in [-0.4, -0.2) is 59.1 Å². The highest BCUT2D eigenvalue weighted by atomic mass is 32.2. The number of rotatable bonds is 7. The molecule has 1 aromatic heterocycles. The zero-order chi connectivity index (χ0) is 19.4. The number of aromatic nitrogens is 3. The molecule has 0 unspecified atom stereocenters. The molecule has 2 aromatic rings. The number of benzene rings is 1. The number of carbonyl (C=O) groups is 1. The van der Waals surface area contributed by atoms with E-state index in [0.717, 1.165) is 37.8 Å². The Bertz CT molecular complexity index is 903. The van der Waals surface area contributed by atoms with Crippen LogP contribution in [0.15, 0.2) is 29.4 Å². The lowest BCUT2D eigenvalue weighted by Gasteiger charge is -2.14. The molecule has 0 bridgehead atoms. The van der Waals surface area contributed by atoms with Crippen LogP contribution in [-0.2, 0) is 21.4 Å². The Balaban J connectivity index is 1.72. The van der Waals surface area contributed by atoms with Crippen LogP contribution in [0.25, 0.3) is 11.4 Å². The second kappa shape index (κ2) is 8.30. The predicted octanol–water partition coefficient (Wildman–Crippen LogP) is 2.05. The Labute approximate surface area is 163 Å².